The molecule has 1 aliphatic carbocycles. The fourth-order valence-corrected chi connectivity index (χ4v) is 2.66. The van der Waals surface area contributed by atoms with Crippen LogP contribution in [0.25, 0.3) is 0 Å². The topological polar surface area (TPSA) is 75.6 Å². The summed E-state index contributed by atoms with van der Waals surface area (Å²) in [7, 11) is 0. The number of carboxylic acid groups (broad SMARTS) is 1. The second-order valence-electron chi connectivity index (χ2n) is 5.54. The van der Waals surface area contributed by atoms with E-state index in [2.05, 4.69) is 5.32 Å². The lowest BCUT2D eigenvalue weighted by Crippen LogP contribution is -2.51. The first-order chi connectivity index (χ1) is 10.1. The fourth-order valence-electron chi connectivity index (χ4n) is 2.66. The highest BCUT2D eigenvalue weighted by Gasteiger charge is 2.46. The number of hydrogen-bond donors (Lipinski definition) is 2. The second kappa shape index (κ2) is 6.61. The summed E-state index contributed by atoms with van der Waals surface area (Å²) in [5.74, 6) is -0.657. The maximum atomic E-state index is 12.0. The van der Waals surface area contributed by atoms with Crippen LogP contribution < -0.4 is 5.32 Å². The predicted octanol–water partition coefficient (Wildman–Crippen LogP) is 2.95. The van der Waals surface area contributed by atoms with Crippen molar-refractivity contribution in [1.29, 1.82) is 0 Å². The Morgan fingerprint density at radius 1 is 1.33 bits per heavy atom. The number of hydrogen-bond acceptors (Lipinski definition) is 3. The van der Waals surface area contributed by atoms with Gasteiger partial charge in [-0.2, -0.15) is 0 Å². The minimum absolute atomic E-state index is 0.0609. The van der Waals surface area contributed by atoms with Gasteiger partial charge in [-0.3, -0.25) is 4.79 Å². The second-order valence-corrected chi connectivity index (χ2v) is 5.54. The molecule has 114 valence electrons. The molecule has 0 bridgehead atoms. The van der Waals surface area contributed by atoms with Crippen molar-refractivity contribution in [3.8, 4) is 0 Å². The summed E-state index contributed by atoms with van der Waals surface area (Å²) in [6.45, 7) is 2.09. The molecule has 0 saturated heterocycles. The monoisotopic (exact) mass is 291 g/mol. The minimum atomic E-state index is -0.896. The molecule has 1 aromatic carbocycles. The number of nitrogens with one attached hydrogen (secondary N) is 1. The molecule has 1 aliphatic rings. The van der Waals surface area contributed by atoms with Crippen molar-refractivity contribution < 1.29 is 19.4 Å². The normalized spacial score (nSPS) is 16.8. The zero-order valence-electron chi connectivity index (χ0n) is 12.2. The zero-order valence-corrected chi connectivity index (χ0v) is 12.2. The van der Waals surface area contributed by atoms with Gasteiger partial charge in [0.2, 0.25) is 0 Å². The largest absolute Gasteiger partial charge is 0.481 e. The van der Waals surface area contributed by atoms with E-state index >= 15 is 0 Å². The summed E-state index contributed by atoms with van der Waals surface area (Å²) < 4.78 is 5.20. The van der Waals surface area contributed by atoms with Gasteiger partial charge in [-0.15, -0.1) is 0 Å². The number of amides is 1. The van der Waals surface area contributed by atoms with Crippen LogP contribution in [0.4, 0.5) is 4.79 Å². The standard InChI is InChI=1S/C16H21NO4/c1-2-16(10-14(18)19,13-8-9-13)17-15(20)21-11-12-6-4-3-5-7-12/h3-7,13H,2,8-11H2,1H3,(H,17,20)(H,18,19). The van der Waals surface area contributed by atoms with E-state index in [4.69, 9.17) is 9.84 Å². The zero-order chi connectivity index (χ0) is 15.3. The average molecular weight is 291 g/mol. The van der Waals surface area contributed by atoms with E-state index in [0.29, 0.717) is 6.42 Å². The number of carbonyl (C=O) groups is 2. The van der Waals surface area contributed by atoms with Gasteiger partial charge in [-0.25, -0.2) is 4.79 Å². The summed E-state index contributed by atoms with van der Waals surface area (Å²) in [6.07, 6.45) is 1.90. The molecule has 0 spiro atoms. The predicted molar refractivity (Wildman–Crippen MR) is 77.8 cm³/mol. The molecule has 2 N–H and O–H groups in total. The summed E-state index contributed by atoms with van der Waals surface area (Å²) in [4.78, 5) is 23.1. The first-order valence-electron chi connectivity index (χ1n) is 7.26. The van der Waals surface area contributed by atoms with Crippen molar-refractivity contribution >= 4 is 12.1 Å². The molecular weight excluding hydrogens is 270 g/mol. The Morgan fingerprint density at radius 2 is 2.00 bits per heavy atom. The van der Waals surface area contributed by atoms with Gasteiger partial charge >= 0.3 is 12.1 Å². The Morgan fingerprint density at radius 3 is 2.52 bits per heavy atom. The van der Waals surface area contributed by atoms with Crippen LogP contribution >= 0.6 is 0 Å². The van der Waals surface area contributed by atoms with Gasteiger partial charge < -0.3 is 15.2 Å². The van der Waals surface area contributed by atoms with E-state index in [0.717, 1.165) is 18.4 Å². The lowest BCUT2D eigenvalue weighted by atomic mass is 9.86. The number of carboxylic acids is 1. The molecule has 1 amide bonds. The molecule has 0 aliphatic heterocycles. The molecular formula is C16H21NO4. The third kappa shape index (κ3) is 4.21. The summed E-state index contributed by atoms with van der Waals surface area (Å²) >= 11 is 0. The highest BCUT2D eigenvalue weighted by atomic mass is 16.5. The van der Waals surface area contributed by atoms with Crippen LogP contribution in [0.3, 0.4) is 0 Å². The smallest absolute Gasteiger partial charge is 0.407 e. The molecule has 2 rings (SSSR count). The molecule has 1 atom stereocenters. The van der Waals surface area contributed by atoms with Gasteiger partial charge in [0.05, 0.1) is 12.0 Å². The van der Waals surface area contributed by atoms with Crippen molar-refractivity contribution in [2.24, 2.45) is 5.92 Å². The van der Waals surface area contributed by atoms with Crippen molar-refractivity contribution in [2.75, 3.05) is 0 Å². The molecule has 1 fully saturated rings. The SMILES string of the molecule is CCC(CC(=O)O)(NC(=O)OCc1ccccc1)C1CC1. The maximum absolute atomic E-state index is 12.0. The molecule has 0 aromatic heterocycles. The molecule has 5 nitrogen and oxygen atoms in total. The van der Waals surface area contributed by atoms with Crippen molar-refractivity contribution in [1.82, 2.24) is 5.32 Å². The van der Waals surface area contributed by atoms with Crippen LogP contribution in [0, 0.1) is 5.92 Å². The number of rotatable bonds is 7. The molecule has 1 unspecified atom stereocenters. The van der Waals surface area contributed by atoms with Crippen LogP contribution in [-0.2, 0) is 16.1 Å². The number of alkyl carbamates (subject to hydrolysis) is 1. The molecule has 0 radical (unpaired) electrons. The third-order valence-corrected chi connectivity index (χ3v) is 4.02. The van der Waals surface area contributed by atoms with Gasteiger partial charge in [0.1, 0.15) is 6.61 Å². The summed E-state index contributed by atoms with van der Waals surface area (Å²) in [5.41, 5.74) is 0.221. The molecule has 21 heavy (non-hydrogen) atoms. The summed E-state index contributed by atoms with van der Waals surface area (Å²) in [6, 6.07) is 9.39. The maximum Gasteiger partial charge on any atom is 0.407 e. The summed E-state index contributed by atoms with van der Waals surface area (Å²) in [5, 5.41) is 11.9. The molecule has 0 heterocycles. The molecule has 1 aromatic rings. The average Bonchev–Trinajstić information content (AvgIpc) is 3.30. The van der Waals surface area contributed by atoms with Crippen LogP contribution in [-0.4, -0.2) is 22.7 Å². The van der Waals surface area contributed by atoms with Crippen LogP contribution in [0.5, 0.6) is 0 Å². The lowest BCUT2D eigenvalue weighted by Gasteiger charge is -2.32. The quantitative estimate of drug-likeness (QED) is 0.810. The third-order valence-electron chi connectivity index (χ3n) is 4.02. The fraction of sp³-hybridized carbons (Fsp3) is 0.500. The Kier molecular flexibility index (Phi) is 4.83. The van der Waals surface area contributed by atoms with Gasteiger partial charge in [0.25, 0.3) is 0 Å². The lowest BCUT2D eigenvalue weighted by molar-refractivity contribution is -0.139. The van der Waals surface area contributed by atoms with E-state index in [1.54, 1.807) is 0 Å². The van der Waals surface area contributed by atoms with Gasteiger partial charge in [0, 0.05) is 0 Å². The van der Waals surface area contributed by atoms with Crippen molar-refractivity contribution in [3.05, 3.63) is 35.9 Å². The Bertz CT molecular complexity index is 498. The number of carbonyl (C=O) groups excluding carboxylic acids is 1. The Balaban J connectivity index is 1.93. The first kappa shape index (κ1) is 15.4. The van der Waals surface area contributed by atoms with E-state index in [1.807, 2.05) is 37.3 Å². The van der Waals surface area contributed by atoms with Gasteiger partial charge in [-0.05, 0) is 30.7 Å². The Hall–Kier alpha value is -2.04. The van der Waals surface area contributed by atoms with Crippen LogP contribution in [0.1, 0.15) is 38.2 Å². The highest BCUT2D eigenvalue weighted by Crippen LogP contribution is 2.43. The van der Waals surface area contributed by atoms with Gasteiger partial charge in [0.15, 0.2) is 0 Å². The highest BCUT2D eigenvalue weighted by molar-refractivity contribution is 5.73. The number of ether oxygens (including phenoxy) is 1. The van der Waals surface area contributed by atoms with E-state index in [1.165, 1.54) is 0 Å². The molecule has 1 saturated carbocycles. The van der Waals surface area contributed by atoms with E-state index in [9.17, 15) is 9.59 Å². The first-order valence-corrected chi connectivity index (χ1v) is 7.26. The van der Waals surface area contributed by atoms with Crippen LogP contribution in [0.2, 0.25) is 0 Å². The van der Waals surface area contributed by atoms with E-state index in [-0.39, 0.29) is 18.9 Å². The Labute approximate surface area is 124 Å². The van der Waals surface area contributed by atoms with Crippen LogP contribution in [0.15, 0.2) is 30.3 Å². The number of aliphatic carboxylic acids is 1. The van der Waals surface area contributed by atoms with Gasteiger partial charge in [-0.1, -0.05) is 37.3 Å². The van der Waals surface area contributed by atoms with E-state index < -0.39 is 17.6 Å². The van der Waals surface area contributed by atoms with Crippen molar-refractivity contribution in [3.63, 3.8) is 0 Å². The number of benzene rings is 1. The minimum Gasteiger partial charge on any atom is -0.481 e. The van der Waals surface area contributed by atoms with Crippen molar-refractivity contribution in [2.45, 2.75) is 44.8 Å². The molecule has 5 heteroatoms.